The summed E-state index contributed by atoms with van der Waals surface area (Å²) in [7, 11) is 3.71. The third-order valence-corrected chi connectivity index (χ3v) is 6.82. The van der Waals surface area contributed by atoms with Crippen molar-refractivity contribution in [1.29, 1.82) is 0 Å². The summed E-state index contributed by atoms with van der Waals surface area (Å²) in [5.74, 6) is 2.60. The molecule has 0 atom stereocenters. The summed E-state index contributed by atoms with van der Waals surface area (Å²) < 4.78 is 11.8. The lowest BCUT2D eigenvalue weighted by Gasteiger charge is -2.28. The predicted octanol–water partition coefficient (Wildman–Crippen LogP) is 2.71. The number of ether oxygens (including phenoxy) is 2. The third-order valence-electron chi connectivity index (χ3n) is 5.65. The Labute approximate surface area is 201 Å². The Bertz CT molecular complexity index is 1260. The van der Waals surface area contributed by atoms with Gasteiger partial charge in [-0.2, -0.15) is 0 Å². The molecule has 0 unspecified atom stereocenters. The van der Waals surface area contributed by atoms with Crippen LogP contribution in [0.5, 0.6) is 0 Å². The Morgan fingerprint density at radius 2 is 1.85 bits per heavy atom. The normalized spacial score (nSPS) is 14.0. The number of hydrogen-bond acceptors (Lipinski definition) is 11. The molecule has 0 amide bonds. The van der Waals surface area contributed by atoms with Crippen LogP contribution >= 0.6 is 11.3 Å². The molecule has 0 saturated carbocycles. The fourth-order valence-corrected chi connectivity index (χ4v) is 4.83. The molecule has 1 saturated heterocycles. The van der Waals surface area contributed by atoms with Crippen LogP contribution in [-0.2, 0) is 9.47 Å². The lowest BCUT2D eigenvalue weighted by atomic mass is 10.2. The van der Waals surface area contributed by atoms with Crippen molar-refractivity contribution in [3.63, 3.8) is 0 Å². The number of rotatable bonds is 7. The zero-order valence-electron chi connectivity index (χ0n) is 19.1. The molecule has 4 aromatic rings. The number of methoxy groups -OCH3 is 1. The van der Waals surface area contributed by atoms with Crippen LogP contribution in [0, 0.1) is 0 Å². The zero-order chi connectivity index (χ0) is 23.5. The van der Waals surface area contributed by atoms with Gasteiger partial charge in [-0.15, -0.1) is 11.3 Å². The van der Waals surface area contributed by atoms with E-state index in [1.54, 1.807) is 30.8 Å². The molecular weight excluding hydrogens is 452 g/mol. The Morgan fingerprint density at radius 1 is 1.09 bits per heavy atom. The number of pyridine rings is 1. The topological polar surface area (TPSA) is 115 Å². The number of nitrogens with zero attached hydrogens (tertiary/aromatic N) is 7. The maximum Gasteiger partial charge on any atom is 0.219 e. The fourth-order valence-electron chi connectivity index (χ4n) is 3.73. The molecule has 34 heavy (non-hydrogen) atoms. The number of likely N-dealkylation sites (N-methyl/N-ethyl adjacent to an activating group) is 1. The highest BCUT2D eigenvalue weighted by Gasteiger charge is 2.21. The van der Waals surface area contributed by atoms with Gasteiger partial charge in [-0.05, 0) is 18.2 Å². The van der Waals surface area contributed by atoms with Crippen LogP contribution in [0.2, 0.25) is 0 Å². The number of nitrogen functional groups attached to an aromatic ring is 1. The summed E-state index contributed by atoms with van der Waals surface area (Å²) in [5, 5.41) is 0. The van der Waals surface area contributed by atoms with E-state index >= 15 is 0 Å². The summed E-state index contributed by atoms with van der Waals surface area (Å²) in [6, 6.07) is 6.21. The van der Waals surface area contributed by atoms with Crippen molar-refractivity contribution in [1.82, 2.24) is 24.9 Å². The van der Waals surface area contributed by atoms with E-state index in [0.717, 1.165) is 57.5 Å². The van der Waals surface area contributed by atoms with Crippen LogP contribution in [0.4, 0.5) is 17.6 Å². The van der Waals surface area contributed by atoms with Crippen molar-refractivity contribution in [3.8, 4) is 21.8 Å². The first-order valence-electron chi connectivity index (χ1n) is 11.0. The lowest BCUT2D eigenvalue weighted by Crippen LogP contribution is -2.36. The highest BCUT2D eigenvalue weighted by Crippen LogP contribution is 2.38. The van der Waals surface area contributed by atoms with E-state index in [9.17, 15) is 0 Å². The second kappa shape index (κ2) is 9.84. The van der Waals surface area contributed by atoms with Gasteiger partial charge < -0.3 is 25.0 Å². The fraction of sp³-hybridized carbons (Fsp3) is 0.348. The molecule has 1 aliphatic rings. The van der Waals surface area contributed by atoms with Crippen LogP contribution in [-0.4, -0.2) is 78.5 Å². The first kappa shape index (κ1) is 22.4. The minimum atomic E-state index is 0.222. The van der Waals surface area contributed by atoms with Crippen molar-refractivity contribution >= 4 is 39.1 Å². The van der Waals surface area contributed by atoms with Gasteiger partial charge in [0.2, 0.25) is 5.95 Å². The number of morpholine rings is 1. The molecule has 0 bridgehead atoms. The molecule has 176 valence electrons. The first-order valence-corrected chi connectivity index (χ1v) is 11.8. The van der Waals surface area contributed by atoms with E-state index in [2.05, 4.69) is 36.9 Å². The van der Waals surface area contributed by atoms with Gasteiger partial charge in [-0.3, -0.25) is 0 Å². The van der Waals surface area contributed by atoms with Gasteiger partial charge >= 0.3 is 0 Å². The van der Waals surface area contributed by atoms with Crippen molar-refractivity contribution in [2.24, 2.45) is 0 Å². The second-order valence-corrected chi connectivity index (χ2v) is 9.00. The van der Waals surface area contributed by atoms with Gasteiger partial charge in [0.25, 0.3) is 0 Å². The molecule has 11 heteroatoms. The van der Waals surface area contributed by atoms with Crippen molar-refractivity contribution in [3.05, 3.63) is 36.8 Å². The summed E-state index contributed by atoms with van der Waals surface area (Å²) in [6.45, 7) is 4.34. The molecule has 4 aromatic heterocycles. The van der Waals surface area contributed by atoms with Crippen LogP contribution in [0.3, 0.4) is 0 Å². The third kappa shape index (κ3) is 4.63. The molecule has 5 rings (SSSR count). The average molecular weight is 479 g/mol. The lowest BCUT2D eigenvalue weighted by molar-refractivity contribution is 0.122. The Hall–Kier alpha value is -3.41. The predicted molar refractivity (Wildman–Crippen MR) is 134 cm³/mol. The monoisotopic (exact) mass is 478 g/mol. The summed E-state index contributed by atoms with van der Waals surface area (Å²) >= 11 is 1.67. The quantitative estimate of drug-likeness (QED) is 0.425. The first-order chi connectivity index (χ1) is 16.6. The number of fused-ring (bicyclic) bond motifs is 1. The maximum atomic E-state index is 5.66. The van der Waals surface area contributed by atoms with Gasteiger partial charge in [0, 0.05) is 62.8 Å². The van der Waals surface area contributed by atoms with Crippen LogP contribution in [0.1, 0.15) is 0 Å². The largest absolute Gasteiger partial charge is 0.383 e. The summed E-state index contributed by atoms with van der Waals surface area (Å²) in [4.78, 5) is 28.0. The highest BCUT2D eigenvalue weighted by atomic mass is 32.1. The molecule has 1 aliphatic heterocycles. The van der Waals surface area contributed by atoms with Gasteiger partial charge in [0.05, 0.1) is 35.6 Å². The van der Waals surface area contributed by atoms with Crippen LogP contribution in [0.15, 0.2) is 36.8 Å². The molecule has 0 radical (unpaired) electrons. The number of nitrogens with two attached hydrogens (primary N) is 1. The van der Waals surface area contributed by atoms with E-state index in [1.807, 2.05) is 19.3 Å². The van der Waals surface area contributed by atoms with E-state index in [1.165, 1.54) is 0 Å². The van der Waals surface area contributed by atoms with E-state index in [4.69, 9.17) is 25.2 Å². The van der Waals surface area contributed by atoms with Gasteiger partial charge in [0.15, 0.2) is 11.6 Å². The van der Waals surface area contributed by atoms with Crippen molar-refractivity contribution < 1.29 is 9.47 Å². The molecule has 1 fully saturated rings. The van der Waals surface area contributed by atoms with Gasteiger partial charge in [-0.25, -0.2) is 24.9 Å². The number of thiophene rings is 1. The van der Waals surface area contributed by atoms with E-state index in [0.29, 0.717) is 25.6 Å². The SMILES string of the molecule is COCCN(C)c1ccc(-c2cc3nc(-c4cnc(N)nc4)nc(N4CCOCC4)c3s2)cn1. The standard InChI is InChI=1S/C23H26N8O2S/c1-30(5-8-32-2)19-4-3-15(12-25-19)18-11-17-20(34-18)22(31-6-9-33-10-7-31)29-21(28-17)16-13-26-23(24)27-14-16/h3-4,11-14H,5-10H2,1-2H3,(H2,24,26,27). The smallest absolute Gasteiger partial charge is 0.219 e. The minimum absolute atomic E-state index is 0.222. The molecule has 0 spiro atoms. The second-order valence-electron chi connectivity index (χ2n) is 7.94. The van der Waals surface area contributed by atoms with Gasteiger partial charge in [0.1, 0.15) is 5.82 Å². The molecule has 0 aromatic carbocycles. The van der Waals surface area contributed by atoms with Crippen molar-refractivity contribution in [2.45, 2.75) is 0 Å². The molecule has 2 N–H and O–H groups in total. The highest BCUT2D eigenvalue weighted by molar-refractivity contribution is 7.22. The zero-order valence-corrected chi connectivity index (χ0v) is 20.0. The number of hydrogen-bond donors (Lipinski definition) is 1. The summed E-state index contributed by atoms with van der Waals surface area (Å²) in [5.41, 5.74) is 8.31. The van der Waals surface area contributed by atoms with Crippen molar-refractivity contribution in [2.75, 3.05) is 69.1 Å². The number of aromatic nitrogens is 5. The molecule has 10 nitrogen and oxygen atoms in total. The Balaban J connectivity index is 1.53. The number of anilines is 3. The average Bonchev–Trinajstić information content (AvgIpc) is 3.32. The van der Waals surface area contributed by atoms with E-state index in [-0.39, 0.29) is 5.95 Å². The molecule has 0 aliphatic carbocycles. The summed E-state index contributed by atoms with van der Waals surface area (Å²) in [6.07, 6.45) is 5.21. The molecule has 5 heterocycles. The minimum Gasteiger partial charge on any atom is -0.383 e. The maximum absolute atomic E-state index is 5.66. The van der Waals surface area contributed by atoms with Gasteiger partial charge in [-0.1, -0.05) is 0 Å². The Morgan fingerprint density at radius 3 is 2.56 bits per heavy atom. The molecular formula is C23H26N8O2S. The Kier molecular flexibility index (Phi) is 6.48. The van der Waals surface area contributed by atoms with Crippen LogP contribution < -0.4 is 15.5 Å². The van der Waals surface area contributed by atoms with E-state index < -0.39 is 0 Å². The van der Waals surface area contributed by atoms with Crippen LogP contribution in [0.25, 0.3) is 32.0 Å².